The summed E-state index contributed by atoms with van der Waals surface area (Å²) in [6.07, 6.45) is -0.250. The van der Waals surface area contributed by atoms with Crippen LogP contribution in [0.4, 0.5) is 5.82 Å². The zero-order valence-electron chi connectivity index (χ0n) is 12.7. The highest BCUT2D eigenvalue weighted by atomic mass is 32.5. The molecule has 1 aliphatic rings. The van der Waals surface area contributed by atoms with Gasteiger partial charge in [0.25, 0.3) is 0 Å². The molecular weight excluding hydrogens is 428 g/mol. The first-order valence-corrected chi connectivity index (χ1v) is 12.1. The van der Waals surface area contributed by atoms with Gasteiger partial charge in [-0.15, -0.1) is 23.6 Å². The molecule has 0 aromatic carbocycles. The minimum Gasteiger partial charge on any atom is -0.812 e. The van der Waals surface area contributed by atoms with E-state index in [4.69, 9.17) is 15.0 Å². The monoisotopic (exact) mass is 439 g/mol. The van der Waals surface area contributed by atoms with E-state index >= 15 is 0 Å². The van der Waals surface area contributed by atoms with Gasteiger partial charge >= 0.3 is 0 Å². The van der Waals surface area contributed by atoms with E-state index in [1.54, 1.807) is 0 Å². The average Bonchev–Trinajstić information content (AvgIpc) is 3.07. The molecule has 3 heterocycles. The smallest absolute Gasteiger partial charge is 0.167 e. The van der Waals surface area contributed by atoms with E-state index in [0.717, 1.165) is 0 Å². The lowest BCUT2D eigenvalue weighted by Crippen LogP contribution is -2.33. The van der Waals surface area contributed by atoms with Gasteiger partial charge in [-0.3, -0.25) is 4.57 Å². The quantitative estimate of drug-likeness (QED) is 0.448. The lowest BCUT2D eigenvalue weighted by atomic mass is 10.2. The number of hydrogen-bond donors (Lipinski definition) is 1. The van der Waals surface area contributed by atoms with Gasteiger partial charge in [-0.1, -0.05) is 13.4 Å². The number of hydrogen-bond acceptors (Lipinski definition) is 13. The standard InChI is InChI=1S/C10H15N5O7P2S2/c11-9-8-10(13-3-12-9)15(4-14-8)7-1-5(22-24(18,19)26)6(21-7)2-20-23(16,17)25/h3-7H,1-2H2,(H2,11,12,13)(H2,16,17,25)(H2,18,19,26)/p-4/t5-,6+,7+/m0/s1. The zero-order chi connectivity index (χ0) is 19.1. The van der Waals surface area contributed by atoms with Crippen LogP contribution in [0.15, 0.2) is 12.7 Å². The van der Waals surface area contributed by atoms with Crippen LogP contribution in [-0.2, 0) is 37.4 Å². The first kappa shape index (κ1) is 20.1. The molecule has 0 radical (unpaired) electrons. The van der Waals surface area contributed by atoms with Gasteiger partial charge in [0.05, 0.1) is 19.0 Å². The molecule has 0 spiro atoms. The fraction of sp³-hybridized carbons (Fsp3) is 0.500. The van der Waals surface area contributed by atoms with E-state index in [-0.39, 0.29) is 12.2 Å². The first-order chi connectivity index (χ1) is 12.0. The third-order valence-electron chi connectivity index (χ3n) is 3.54. The van der Waals surface area contributed by atoms with Gasteiger partial charge in [0.1, 0.15) is 24.2 Å². The van der Waals surface area contributed by atoms with Crippen LogP contribution < -0.4 is 25.3 Å². The number of imidazole rings is 1. The summed E-state index contributed by atoms with van der Waals surface area (Å²) in [4.78, 5) is 56.7. The molecule has 26 heavy (non-hydrogen) atoms. The second kappa shape index (κ2) is 7.41. The van der Waals surface area contributed by atoms with Crippen molar-refractivity contribution in [3.63, 3.8) is 0 Å². The van der Waals surface area contributed by atoms with Crippen molar-refractivity contribution in [1.82, 2.24) is 19.5 Å². The molecule has 0 saturated carbocycles. The molecule has 1 saturated heterocycles. The summed E-state index contributed by atoms with van der Waals surface area (Å²) < 4.78 is 16.5. The maximum atomic E-state index is 11.3. The summed E-state index contributed by atoms with van der Waals surface area (Å²) in [5.74, 6) is 0.160. The van der Waals surface area contributed by atoms with Crippen LogP contribution in [0.5, 0.6) is 0 Å². The van der Waals surface area contributed by atoms with Crippen LogP contribution in [0, 0.1) is 0 Å². The van der Waals surface area contributed by atoms with Gasteiger partial charge in [0.2, 0.25) is 0 Å². The number of nitrogens with two attached hydrogens (primary N) is 1. The number of fused-ring (bicyclic) bond motifs is 1. The Morgan fingerprint density at radius 1 is 1.23 bits per heavy atom. The van der Waals surface area contributed by atoms with Crippen molar-refractivity contribution in [2.24, 2.45) is 0 Å². The Morgan fingerprint density at radius 2 is 1.96 bits per heavy atom. The molecule has 0 amide bonds. The molecule has 2 aromatic rings. The van der Waals surface area contributed by atoms with E-state index < -0.39 is 38.5 Å². The normalized spacial score (nSPS) is 24.4. The van der Waals surface area contributed by atoms with Crippen LogP contribution in [0.3, 0.4) is 0 Å². The topological polar surface area (TPSA) is 190 Å². The van der Waals surface area contributed by atoms with Gasteiger partial charge in [-0.05, 0) is 0 Å². The van der Waals surface area contributed by atoms with Gasteiger partial charge in [0, 0.05) is 6.42 Å². The molecule has 16 heteroatoms. The van der Waals surface area contributed by atoms with Crippen molar-refractivity contribution >= 4 is 54.0 Å². The number of nitrogens with zero attached hydrogens (tertiary/aromatic N) is 4. The van der Waals surface area contributed by atoms with Crippen molar-refractivity contribution in [1.29, 1.82) is 0 Å². The SMILES string of the molecule is Nc1ncnc2c1ncn2[C@H]1C[C@H](OP([O-])([O-])=S)[C@@H](COP([O-])([O-])=S)O1. The van der Waals surface area contributed by atoms with E-state index in [1.807, 2.05) is 0 Å². The second-order valence-electron chi connectivity index (χ2n) is 5.28. The third-order valence-corrected chi connectivity index (χ3v) is 5.11. The Balaban J connectivity index is 1.85. The molecule has 12 nitrogen and oxygen atoms in total. The highest BCUT2D eigenvalue weighted by Crippen LogP contribution is 2.40. The van der Waals surface area contributed by atoms with Gasteiger partial charge < -0.3 is 39.1 Å². The number of aromatic nitrogens is 4. The predicted molar refractivity (Wildman–Crippen MR) is 87.7 cm³/mol. The molecule has 3 atom stereocenters. The number of anilines is 1. The molecule has 0 aliphatic carbocycles. The number of rotatable bonds is 6. The molecule has 2 aromatic heterocycles. The van der Waals surface area contributed by atoms with Crippen LogP contribution in [0.1, 0.15) is 12.6 Å². The fourth-order valence-corrected chi connectivity index (χ4v) is 3.94. The highest BCUT2D eigenvalue weighted by molar-refractivity contribution is 8.05. The Bertz CT molecular complexity index is 901. The van der Waals surface area contributed by atoms with Crippen LogP contribution in [0.25, 0.3) is 11.2 Å². The fourth-order valence-electron chi connectivity index (χ4n) is 2.54. The predicted octanol–water partition coefficient (Wildman–Crippen LogP) is -3.01. The summed E-state index contributed by atoms with van der Waals surface area (Å²) in [7, 11) is 0. The Morgan fingerprint density at radius 3 is 2.62 bits per heavy atom. The average molecular weight is 439 g/mol. The lowest BCUT2D eigenvalue weighted by Gasteiger charge is -2.39. The maximum Gasteiger partial charge on any atom is 0.167 e. The molecule has 0 unspecified atom stereocenters. The molecule has 144 valence electrons. The largest absolute Gasteiger partial charge is 0.812 e. The van der Waals surface area contributed by atoms with Crippen LogP contribution in [0.2, 0.25) is 0 Å². The van der Waals surface area contributed by atoms with Crippen molar-refractivity contribution in [3.05, 3.63) is 12.7 Å². The number of ether oxygens (including phenoxy) is 1. The van der Waals surface area contributed by atoms with Gasteiger partial charge in [-0.2, -0.15) is 0 Å². The van der Waals surface area contributed by atoms with Crippen LogP contribution >= 0.6 is 13.4 Å². The molecule has 0 bridgehead atoms. The summed E-state index contributed by atoms with van der Waals surface area (Å²) in [6, 6.07) is 0. The molecular formula is C10H11N5O7P2S2-4. The van der Waals surface area contributed by atoms with E-state index in [9.17, 15) is 19.6 Å². The maximum absolute atomic E-state index is 11.3. The highest BCUT2D eigenvalue weighted by Gasteiger charge is 2.38. The van der Waals surface area contributed by atoms with Crippen molar-refractivity contribution in [2.45, 2.75) is 24.9 Å². The van der Waals surface area contributed by atoms with E-state index in [0.29, 0.717) is 11.2 Å². The summed E-state index contributed by atoms with van der Waals surface area (Å²) in [6.45, 7) is -9.50. The van der Waals surface area contributed by atoms with Crippen LogP contribution in [-0.4, -0.2) is 38.3 Å². The lowest BCUT2D eigenvalue weighted by molar-refractivity contribution is -0.326. The van der Waals surface area contributed by atoms with E-state index in [1.165, 1.54) is 17.2 Å². The van der Waals surface area contributed by atoms with Gasteiger partial charge in [-0.25, -0.2) is 15.0 Å². The summed E-state index contributed by atoms with van der Waals surface area (Å²) in [5, 5.41) is 0. The van der Waals surface area contributed by atoms with Crippen molar-refractivity contribution in [2.75, 3.05) is 12.3 Å². The third kappa shape index (κ3) is 4.80. The second-order valence-corrected chi connectivity index (χ2v) is 10.2. The summed E-state index contributed by atoms with van der Waals surface area (Å²) >= 11 is 8.41. The zero-order valence-corrected chi connectivity index (χ0v) is 16.2. The van der Waals surface area contributed by atoms with E-state index in [2.05, 4.69) is 43.1 Å². The first-order valence-electron chi connectivity index (χ1n) is 6.99. The summed E-state index contributed by atoms with van der Waals surface area (Å²) in [5.41, 5.74) is 6.40. The minimum absolute atomic E-state index is 0.0207. The Kier molecular flexibility index (Phi) is 5.74. The molecule has 2 N–H and O–H groups in total. The van der Waals surface area contributed by atoms with Crippen molar-refractivity contribution < 1.29 is 33.4 Å². The van der Waals surface area contributed by atoms with Crippen molar-refractivity contribution in [3.8, 4) is 0 Å². The Hall–Kier alpha value is -0.630. The molecule has 1 aliphatic heterocycles. The molecule has 1 fully saturated rings. The Labute approximate surface area is 157 Å². The number of nitrogen functional groups attached to an aromatic ring is 1. The van der Waals surface area contributed by atoms with Gasteiger partial charge in [0.15, 0.2) is 11.5 Å². The molecule has 3 rings (SSSR count). The minimum atomic E-state index is -4.52.